The van der Waals surface area contributed by atoms with Gasteiger partial charge in [-0.25, -0.2) is 0 Å². The fraction of sp³-hybridized carbons (Fsp3) is 0.294. The Morgan fingerprint density at radius 2 is 1.56 bits per heavy atom. The maximum Gasteiger partial charge on any atom is 0.0195 e. The minimum absolute atomic E-state index is 0.220. The molecule has 0 saturated heterocycles. The lowest BCUT2D eigenvalue weighted by Crippen LogP contribution is -2.10. The van der Waals surface area contributed by atoms with Crippen LogP contribution in [0.4, 0.5) is 0 Å². The topological polar surface area (TPSA) is 4.93 Å². The van der Waals surface area contributed by atoms with Gasteiger partial charge < -0.3 is 4.57 Å². The second-order valence-electron chi connectivity index (χ2n) is 5.75. The summed E-state index contributed by atoms with van der Waals surface area (Å²) < 4.78 is 2.12. The number of benzene rings is 1. The van der Waals surface area contributed by atoms with Crippen LogP contribution in [0, 0.1) is 0 Å². The van der Waals surface area contributed by atoms with Crippen LogP contribution in [0.25, 0.3) is 11.8 Å². The molecule has 0 unspecified atom stereocenters. The first-order valence-electron chi connectivity index (χ1n) is 6.39. The van der Waals surface area contributed by atoms with Gasteiger partial charge in [-0.1, -0.05) is 45.0 Å². The minimum Gasteiger partial charge on any atom is -0.328 e. The van der Waals surface area contributed by atoms with Crippen LogP contribution in [0.3, 0.4) is 0 Å². The minimum atomic E-state index is 0.220. The van der Waals surface area contributed by atoms with Gasteiger partial charge in [0.2, 0.25) is 0 Å². The van der Waals surface area contributed by atoms with Crippen LogP contribution in [0.15, 0.2) is 48.8 Å². The van der Waals surface area contributed by atoms with E-state index >= 15 is 0 Å². The molecular formula is C17H21N. The third-order valence-corrected chi connectivity index (χ3v) is 3.16. The lowest BCUT2D eigenvalue weighted by molar-refractivity contribution is 0.590. The number of nitrogens with zero attached hydrogens (tertiary/aromatic N) is 1. The van der Waals surface area contributed by atoms with Crippen molar-refractivity contribution in [3.05, 3.63) is 59.9 Å². The molecule has 0 spiro atoms. The maximum atomic E-state index is 2.24. The van der Waals surface area contributed by atoms with E-state index in [1.165, 1.54) is 16.8 Å². The Hall–Kier alpha value is -1.76. The van der Waals surface area contributed by atoms with Crippen molar-refractivity contribution in [2.45, 2.75) is 33.1 Å². The fourth-order valence-corrected chi connectivity index (χ4v) is 1.96. The molecule has 0 aliphatic rings. The smallest absolute Gasteiger partial charge is 0.0195 e. The molecule has 1 heterocycles. The summed E-state index contributed by atoms with van der Waals surface area (Å²) in [4.78, 5) is 0. The largest absolute Gasteiger partial charge is 0.328 e. The lowest BCUT2D eigenvalue weighted by Gasteiger charge is -2.18. The molecule has 0 bridgehead atoms. The van der Waals surface area contributed by atoms with Crippen molar-refractivity contribution in [1.29, 1.82) is 0 Å². The molecule has 0 amide bonds. The highest BCUT2D eigenvalue weighted by Crippen LogP contribution is 2.23. The van der Waals surface area contributed by atoms with Crippen molar-refractivity contribution in [2.75, 3.05) is 0 Å². The van der Waals surface area contributed by atoms with Crippen molar-refractivity contribution in [3.63, 3.8) is 0 Å². The lowest BCUT2D eigenvalue weighted by atomic mass is 9.87. The first kappa shape index (κ1) is 12.7. The SMILES string of the molecule is C/C(=C\c1ccc(C(C)(C)C)cc1)n1cccc1. The zero-order valence-electron chi connectivity index (χ0n) is 11.6. The van der Waals surface area contributed by atoms with E-state index in [1.807, 2.05) is 12.1 Å². The number of hydrogen-bond donors (Lipinski definition) is 0. The second-order valence-corrected chi connectivity index (χ2v) is 5.75. The number of rotatable bonds is 2. The van der Waals surface area contributed by atoms with E-state index in [1.54, 1.807) is 0 Å². The van der Waals surface area contributed by atoms with Crippen LogP contribution in [0.5, 0.6) is 0 Å². The average molecular weight is 239 g/mol. The average Bonchev–Trinajstić information content (AvgIpc) is 2.82. The van der Waals surface area contributed by atoms with Crippen molar-refractivity contribution < 1.29 is 0 Å². The number of allylic oxidation sites excluding steroid dienone is 1. The van der Waals surface area contributed by atoms with Crippen molar-refractivity contribution >= 4 is 11.8 Å². The summed E-state index contributed by atoms with van der Waals surface area (Å²) in [6.07, 6.45) is 6.33. The van der Waals surface area contributed by atoms with E-state index in [9.17, 15) is 0 Å². The van der Waals surface area contributed by atoms with Gasteiger partial charge in [0.05, 0.1) is 0 Å². The van der Waals surface area contributed by atoms with Gasteiger partial charge in [-0.2, -0.15) is 0 Å². The normalized spacial score (nSPS) is 12.8. The Morgan fingerprint density at radius 1 is 1.00 bits per heavy atom. The van der Waals surface area contributed by atoms with Crippen LogP contribution in [-0.4, -0.2) is 4.57 Å². The highest BCUT2D eigenvalue weighted by Gasteiger charge is 2.12. The van der Waals surface area contributed by atoms with Crippen molar-refractivity contribution in [1.82, 2.24) is 4.57 Å². The Bertz CT molecular complexity index is 522. The summed E-state index contributed by atoms with van der Waals surface area (Å²) >= 11 is 0. The van der Waals surface area contributed by atoms with Gasteiger partial charge in [0.15, 0.2) is 0 Å². The molecule has 0 atom stereocenters. The van der Waals surface area contributed by atoms with E-state index < -0.39 is 0 Å². The predicted octanol–water partition coefficient (Wildman–Crippen LogP) is 4.80. The molecule has 1 heteroatoms. The van der Waals surface area contributed by atoms with Crippen LogP contribution in [-0.2, 0) is 5.41 Å². The van der Waals surface area contributed by atoms with Gasteiger partial charge >= 0.3 is 0 Å². The molecule has 0 fully saturated rings. The summed E-state index contributed by atoms with van der Waals surface area (Å²) in [6, 6.07) is 12.9. The van der Waals surface area contributed by atoms with Gasteiger partial charge in [-0.3, -0.25) is 0 Å². The first-order chi connectivity index (χ1) is 8.47. The van der Waals surface area contributed by atoms with E-state index in [0.29, 0.717) is 0 Å². The summed E-state index contributed by atoms with van der Waals surface area (Å²) in [5.74, 6) is 0. The van der Waals surface area contributed by atoms with E-state index in [4.69, 9.17) is 0 Å². The van der Waals surface area contributed by atoms with Gasteiger partial charge in [-0.05, 0) is 41.7 Å². The van der Waals surface area contributed by atoms with Gasteiger partial charge in [0.25, 0.3) is 0 Å². The van der Waals surface area contributed by atoms with Crippen molar-refractivity contribution in [2.24, 2.45) is 0 Å². The molecule has 18 heavy (non-hydrogen) atoms. The number of aromatic nitrogens is 1. The zero-order chi connectivity index (χ0) is 13.2. The first-order valence-corrected chi connectivity index (χ1v) is 6.39. The standard InChI is InChI=1S/C17H21N/c1-14(18-11-5-6-12-18)13-15-7-9-16(10-8-15)17(2,3)4/h5-13H,1-4H3/b14-13+. The molecule has 0 aliphatic heterocycles. The van der Waals surface area contributed by atoms with Gasteiger partial charge in [0.1, 0.15) is 0 Å². The van der Waals surface area contributed by atoms with E-state index in [2.05, 4.69) is 75.0 Å². The van der Waals surface area contributed by atoms with Gasteiger partial charge in [0, 0.05) is 18.1 Å². The monoisotopic (exact) mass is 239 g/mol. The molecule has 0 radical (unpaired) electrons. The Kier molecular flexibility index (Phi) is 3.42. The summed E-state index contributed by atoms with van der Waals surface area (Å²) in [5, 5.41) is 0. The molecular weight excluding hydrogens is 218 g/mol. The third kappa shape index (κ3) is 2.92. The molecule has 1 aromatic heterocycles. The third-order valence-electron chi connectivity index (χ3n) is 3.16. The van der Waals surface area contributed by atoms with Crippen molar-refractivity contribution in [3.8, 4) is 0 Å². The van der Waals surface area contributed by atoms with Crippen LogP contribution >= 0.6 is 0 Å². The van der Waals surface area contributed by atoms with E-state index in [0.717, 1.165) is 0 Å². The molecule has 0 aliphatic carbocycles. The molecule has 0 N–H and O–H groups in total. The molecule has 0 saturated carbocycles. The van der Waals surface area contributed by atoms with Gasteiger partial charge in [-0.15, -0.1) is 0 Å². The maximum absolute atomic E-state index is 2.24. The zero-order valence-corrected chi connectivity index (χ0v) is 11.6. The highest BCUT2D eigenvalue weighted by molar-refractivity contribution is 5.69. The second kappa shape index (κ2) is 4.85. The molecule has 94 valence electrons. The van der Waals surface area contributed by atoms with Crippen LogP contribution < -0.4 is 0 Å². The Labute approximate surface area is 110 Å². The van der Waals surface area contributed by atoms with Crippen LogP contribution in [0.1, 0.15) is 38.8 Å². The molecule has 1 aromatic carbocycles. The Balaban J connectivity index is 2.23. The highest BCUT2D eigenvalue weighted by atomic mass is 14.9. The molecule has 2 aromatic rings. The fourth-order valence-electron chi connectivity index (χ4n) is 1.96. The van der Waals surface area contributed by atoms with E-state index in [-0.39, 0.29) is 5.41 Å². The number of hydrogen-bond acceptors (Lipinski definition) is 0. The summed E-state index contributed by atoms with van der Waals surface area (Å²) in [5.41, 5.74) is 4.06. The molecule has 2 rings (SSSR count). The van der Waals surface area contributed by atoms with Crippen LogP contribution in [0.2, 0.25) is 0 Å². The predicted molar refractivity (Wildman–Crippen MR) is 79.4 cm³/mol. The quantitative estimate of drug-likeness (QED) is 0.709. The summed E-state index contributed by atoms with van der Waals surface area (Å²) in [6.45, 7) is 8.84. The summed E-state index contributed by atoms with van der Waals surface area (Å²) in [7, 11) is 0. The Morgan fingerprint density at radius 3 is 2.06 bits per heavy atom. The molecule has 1 nitrogen and oxygen atoms in total.